The van der Waals surface area contributed by atoms with E-state index in [1.54, 1.807) is 10.8 Å². The van der Waals surface area contributed by atoms with Crippen molar-refractivity contribution in [2.45, 2.75) is 64.7 Å². The molecule has 0 spiro atoms. The molecule has 1 unspecified atom stereocenters. The molecule has 5 rings (SSSR count). The third kappa shape index (κ3) is 5.09. The molecule has 0 saturated heterocycles. The minimum Gasteiger partial charge on any atom is -0.475 e. The Balaban J connectivity index is 1.70. The topological polar surface area (TPSA) is 106 Å². The molecule has 0 radical (unpaired) electrons. The van der Waals surface area contributed by atoms with Crippen LogP contribution in [0.4, 0.5) is 19.0 Å². The molecule has 4 aromatic heterocycles. The standard InChI is InChI=1S/C26H27F3N6O2S/c1-13(2)16-9-10-30-18(11-16)24-34-22-20(35(24)12-17-7-8-19(38-17)26(27,28)29)21(32-23(33-22)25(36)37)31-14(3)15-5-4-6-15/h7-11,13-15H,4-6,12H2,1-3H3,(H,36,37)(H,31,32,33). The number of nitrogens with zero attached hydrogens (tertiary/aromatic N) is 5. The molecule has 0 aliphatic heterocycles. The van der Waals surface area contributed by atoms with Crippen LogP contribution >= 0.6 is 11.3 Å². The largest absolute Gasteiger partial charge is 0.475 e. The van der Waals surface area contributed by atoms with E-state index in [0.29, 0.717) is 39.2 Å². The van der Waals surface area contributed by atoms with Crippen LogP contribution in [-0.4, -0.2) is 41.6 Å². The quantitative estimate of drug-likeness (QED) is 0.263. The Morgan fingerprint density at radius 3 is 2.55 bits per heavy atom. The van der Waals surface area contributed by atoms with E-state index in [-0.39, 0.29) is 30.0 Å². The van der Waals surface area contributed by atoms with Gasteiger partial charge < -0.3 is 15.0 Å². The Morgan fingerprint density at radius 1 is 1.18 bits per heavy atom. The lowest BCUT2D eigenvalue weighted by Crippen LogP contribution is -2.31. The van der Waals surface area contributed by atoms with Crippen LogP contribution in [0.2, 0.25) is 0 Å². The maximum Gasteiger partial charge on any atom is 0.425 e. The highest BCUT2D eigenvalue weighted by Gasteiger charge is 2.33. The van der Waals surface area contributed by atoms with Crippen molar-refractivity contribution in [3.05, 3.63) is 51.6 Å². The molecule has 1 atom stereocenters. The number of pyridine rings is 1. The van der Waals surface area contributed by atoms with Gasteiger partial charge in [0, 0.05) is 17.1 Å². The van der Waals surface area contributed by atoms with Crippen molar-refractivity contribution in [1.29, 1.82) is 0 Å². The minimum absolute atomic E-state index is 0.0104. The first kappa shape index (κ1) is 26.1. The lowest BCUT2D eigenvalue weighted by Gasteiger charge is -2.32. The molecule has 2 N–H and O–H groups in total. The Kier molecular flexibility index (Phi) is 6.84. The SMILES string of the molecule is CC(C)c1ccnc(-c2nc3nc(C(=O)O)nc(NC(C)C4CCC4)c3n2Cc2ccc(C(F)(F)F)s2)c1. The van der Waals surface area contributed by atoms with Gasteiger partial charge in [0.1, 0.15) is 16.1 Å². The molecular formula is C26H27F3N6O2S. The van der Waals surface area contributed by atoms with Crippen LogP contribution in [0, 0.1) is 5.92 Å². The molecule has 1 fully saturated rings. The van der Waals surface area contributed by atoms with Crippen LogP contribution in [0.3, 0.4) is 0 Å². The van der Waals surface area contributed by atoms with Crippen molar-refractivity contribution in [2.24, 2.45) is 5.92 Å². The first-order valence-electron chi connectivity index (χ1n) is 12.4. The second-order valence-corrected chi connectivity index (χ2v) is 11.1. The number of hydrogen-bond donors (Lipinski definition) is 2. The summed E-state index contributed by atoms with van der Waals surface area (Å²) in [5, 5.41) is 13.0. The second-order valence-electron chi connectivity index (χ2n) is 9.91. The van der Waals surface area contributed by atoms with Crippen LogP contribution < -0.4 is 5.32 Å². The van der Waals surface area contributed by atoms with Crippen molar-refractivity contribution in [3.63, 3.8) is 0 Å². The molecule has 8 nitrogen and oxygen atoms in total. The monoisotopic (exact) mass is 544 g/mol. The van der Waals surface area contributed by atoms with Crippen molar-refractivity contribution >= 4 is 34.3 Å². The van der Waals surface area contributed by atoms with E-state index in [9.17, 15) is 23.1 Å². The van der Waals surface area contributed by atoms with Crippen molar-refractivity contribution in [1.82, 2.24) is 24.5 Å². The smallest absolute Gasteiger partial charge is 0.425 e. The van der Waals surface area contributed by atoms with Gasteiger partial charge in [-0.15, -0.1) is 11.3 Å². The van der Waals surface area contributed by atoms with Crippen molar-refractivity contribution < 1.29 is 23.1 Å². The predicted molar refractivity (Wildman–Crippen MR) is 138 cm³/mol. The summed E-state index contributed by atoms with van der Waals surface area (Å²) in [7, 11) is 0. The molecule has 1 aliphatic rings. The summed E-state index contributed by atoms with van der Waals surface area (Å²) in [5.41, 5.74) is 2.09. The van der Waals surface area contributed by atoms with Crippen LogP contribution in [-0.2, 0) is 12.7 Å². The number of carbonyl (C=O) groups is 1. The molecule has 0 amide bonds. The van der Waals surface area contributed by atoms with E-state index < -0.39 is 22.8 Å². The number of carboxylic acid groups (broad SMARTS) is 1. The number of halogens is 3. The van der Waals surface area contributed by atoms with Gasteiger partial charge in [-0.1, -0.05) is 20.3 Å². The van der Waals surface area contributed by atoms with Gasteiger partial charge in [0.2, 0.25) is 5.82 Å². The molecule has 1 aliphatic carbocycles. The Hall–Kier alpha value is -3.54. The normalized spacial score (nSPS) is 15.1. The van der Waals surface area contributed by atoms with Crippen LogP contribution in [0.1, 0.15) is 71.9 Å². The third-order valence-corrected chi connectivity index (χ3v) is 8.07. The predicted octanol–water partition coefficient (Wildman–Crippen LogP) is 6.44. The van der Waals surface area contributed by atoms with Gasteiger partial charge in [-0.25, -0.2) is 19.7 Å². The summed E-state index contributed by atoms with van der Waals surface area (Å²) < 4.78 is 41.7. The number of carboxylic acids is 1. The number of anilines is 1. The van der Waals surface area contributed by atoms with E-state index in [0.717, 1.165) is 30.9 Å². The first-order chi connectivity index (χ1) is 18.0. The summed E-state index contributed by atoms with van der Waals surface area (Å²) in [6.45, 7) is 6.16. The summed E-state index contributed by atoms with van der Waals surface area (Å²) in [4.78, 5) is 29.2. The number of hydrogen-bond acceptors (Lipinski definition) is 7. The van der Waals surface area contributed by atoms with Gasteiger partial charge in [0.15, 0.2) is 17.3 Å². The Bertz CT molecular complexity index is 1490. The van der Waals surface area contributed by atoms with E-state index in [2.05, 4.69) is 25.3 Å². The number of alkyl halides is 3. The fourth-order valence-corrected chi connectivity index (χ4v) is 5.42. The number of nitrogens with one attached hydrogen (secondary N) is 1. The second kappa shape index (κ2) is 9.97. The fourth-order valence-electron chi connectivity index (χ4n) is 4.55. The van der Waals surface area contributed by atoms with Crippen molar-refractivity contribution in [3.8, 4) is 11.5 Å². The highest BCUT2D eigenvalue weighted by molar-refractivity contribution is 7.12. The zero-order valence-corrected chi connectivity index (χ0v) is 21.9. The Morgan fingerprint density at radius 2 is 1.95 bits per heavy atom. The van der Waals surface area contributed by atoms with E-state index in [4.69, 9.17) is 0 Å². The van der Waals surface area contributed by atoms with E-state index in [1.807, 2.05) is 32.9 Å². The lowest BCUT2D eigenvalue weighted by atomic mass is 9.80. The van der Waals surface area contributed by atoms with E-state index in [1.165, 1.54) is 6.07 Å². The average molecular weight is 545 g/mol. The van der Waals surface area contributed by atoms with Gasteiger partial charge in [0.05, 0.1) is 6.54 Å². The molecule has 0 aromatic carbocycles. The maximum atomic E-state index is 13.3. The van der Waals surface area contributed by atoms with Crippen LogP contribution in [0.25, 0.3) is 22.7 Å². The summed E-state index contributed by atoms with van der Waals surface area (Å²) in [6.07, 6.45) is 0.462. The van der Waals surface area contributed by atoms with Gasteiger partial charge in [0.25, 0.3) is 0 Å². The molecule has 1 saturated carbocycles. The number of aromatic nitrogens is 5. The summed E-state index contributed by atoms with van der Waals surface area (Å²) >= 11 is 0.655. The summed E-state index contributed by atoms with van der Waals surface area (Å²) in [5.74, 6) is -0.411. The molecule has 12 heteroatoms. The molecule has 38 heavy (non-hydrogen) atoms. The molecule has 200 valence electrons. The number of imidazole rings is 1. The molecule has 4 aromatic rings. The van der Waals surface area contributed by atoms with Crippen LogP contribution in [0.15, 0.2) is 30.5 Å². The van der Waals surface area contributed by atoms with E-state index >= 15 is 0 Å². The number of thiophene rings is 1. The van der Waals surface area contributed by atoms with Crippen LogP contribution in [0.5, 0.6) is 0 Å². The number of aromatic carboxylic acids is 1. The first-order valence-corrected chi connectivity index (χ1v) is 13.2. The Labute approximate surface area is 221 Å². The fraction of sp³-hybridized carbons (Fsp3) is 0.423. The van der Waals surface area contributed by atoms with Crippen molar-refractivity contribution in [2.75, 3.05) is 5.32 Å². The van der Waals surface area contributed by atoms with Gasteiger partial charge in [-0.3, -0.25) is 4.98 Å². The zero-order valence-electron chi connectivity index (χ0n) is 21.1. The van der Waals surface area contributed by atoms with Gasteiger partial charge in [-0.05, 0) is 61.4 Å². The van der Waals surface area contributed by atoms with Gasteiger partial charge in [-0.2, -0.15) is 13.2 Å². The average Bonchev–Trinajstić information content (AvgIpc) is 3.43. The maximum absolute atomic E-state index is 13.3. The zero-order chi connectivity index (χ0) is 27.2. The highest BCUT2D eigenvalue weighted by atomic mass is 32.1. The molecule has 4 heterocycles. The van der Waals surface area contributed by atoms with Gasteiger partial charge >= 0.3 is 12.1 Å². The molecular weight excluding hydrogens is 517 g/mol. The highest BCUT2D eigenvalue weighted by Crippen LogP contribution is 2.37. The summed E-state index contributed by atoms with van der Waals surface area (Å²) in [6, 6.07) is 6.29. The molecule has 0 bridgehead atoms. The number of rotatable bonds is 8. The number of fused-ring (bicyclic) bond motifs is 1. The lowest BCUT2D eigenvalue weighted by molar-refractivity contribution is -0.134. The minimum atomic E-state index is -4.44. The third-order valence-electron chi connectivity index (χ3n) is 6.95.